The number of pyridine rings is 1. The zero-order valence-corrected chi connectivity index (χ0v) is 20.0. The molecule has 0 aliphatic heterocycles. The molecule has 0 unspecified atom stereocenters. The minimum Gasteiger partial charge on any atom is -0.336 e. The minimum absolute atomic E-state index is 0.158. The molecule has 0 bridgehead atoms. The Hall–Kier alpha value is -4.32. The van der Waals surface area contributed by atoms with E-state index in [1.807, 2.05) is 60.7 Å². The van der Waals surface area contributed by atoms with Crippen LogP contribution in [0.15, 0.2) is 108 Å². The number of Topliss-reactive ketones (excluding diaryl/α,β-unsaturated/α-hetero) is 1. The van der Waals surface area contributed by atoms with Crippen LogP contribution in [0.3, 0.4) is 0 Å². The molecule has 0 saturated heterocycles. The largest absolute Gasteiger partial charge is 0.336 e. The number of amides is 1. The molecule has 0 aliphatic carbocycles. The molecule has 1 amide bonds. The number of hydrogen-bond donors (Lipinski definition) is 0. The number of aromatic nitrogens is 1. The first-order valence-electron chi connectivity index (χ1n) is 11.8. The zero-order valence-electron chi connectivity index (χ0n) is 20.0. The van der Waals surface area contributed by atoms with Crippen molar-refractivity contribution >= 4 is 11.7 Å². The van der Waals surface area contributed by atoms with E-state index in [9.17, 15) is 18.8 Å². The zero-order chi connectivity index (χ0) is 25.5. The quantitative estimate of drug-likeness (QED) is 0.249. The van der Waals surface area contributed by atoms with Gasteiger partial charge in [-0.05, 0) is 54.3 Å². The molecule has 0 aliphatic rings. The summed E-state index contributed by atoms with van der Waals surface area (Å²) in [6.07, 6.45) is 2.10. The summed E-state index contributed by atoms with van der Waals surface area (Å²) in [5.74, 6) is -1.54. The Labute approximate surface area is 209 Å². The van der Waals surface area contributed by atoms with Gasteiger partial charge in [0.15, 0.2) is 11.8 Å². The molecule has 182 valence electrons. The third kappa shape index (κ3) is 6.02. The number of nitrogens with zero attached hydrogens (tertiary/aromatic N) is 2. The van der Waals surface area contributed by atoms with Gasteiger partial charge in [-0.2, -0.15) is 0 Å². The summed E-state index contributed by atoms with van der Waals surface area (Å²) < 4.78 is 14.7. The van der Waals surface area contributed by atoms with Gasteiger partial charge in [0, 0.05) is 30.9 Å². The molecule has 6 heteroatoms. The second kappa shape index (κ2) is 11.4. The highest BCUT2D eigenvalue weighted by molar-refractivity contribution is 6.11. The Kier molecular flexibility index (Phi) is 7.85. The van der Waals surface area contributed by atoms with Crippen molar-refractivity contribution in [2.75, 3.05) is 6.54 Å². The van der Waals surface area contributed by atoms with Crippen molar-refractivity contribution in [1.29, 1.82) is 0 Å². The van der Waals surface area contributed by atoms with Gasteiger partial charge < -0.3 is 4.90 Å². The van der Waals surface area contributed by atoms with E-state index >= 15 is 0 Å². The second-order valence-electron chi connectivity index (χ2n) is 8.71. The lowest BCUT2D eigenvalue weighted by molar-refractivity contribution is -0.134. The van der Waals surface area contributed by atoms with Crippen LogP contribution >= 0.6 is 0 Å². The second-order valence-corrected chi connectivity index (χ2v) is 8.71. The topological polar surface area (TPSA) is 59.4 Å². The smallest absolute Gasteiger partial charge is 0.254 e. The van der Waals surface area contributed by atoms with Gasteiger partial charge in [-0.25, -0.2) is 4.39 Å². The lowest BCUT2D eigenvalue weighted by Crippen LogP contribution is -2.44. The average Bonchev–Trinajstić information content (AvgIpc) is 2.90. The number of hydrogen-bond acceptors (Lipinski definition) is 3. The number of aryl methyl sites for hydroxylation is 1. The number of rotatable bonds is 9. The third-order valence-corrected chi connectivity index (χ3v) is 6.02. The maximum absolute atomic E-state index is 14.1. The van der Waals surface area contributed by atoms with Crippen molar-refractivity contribution in [3.8, 4) is 0 Å². The number of ketones is 1. The SMILES string of the molecule is Cc1ccc(=O)n([C@@H](C(=O)c2ccc(F)cc2)C(=O)N(CCc2ccccc2)Cc2ccccc2)c1. The molecule has 0 fully saturated rings. The van der Waals surface area contributed by atoms with Crippen LogP contribution in [0, 0.1) is 12.7 Å². The van der Waals surface area contributed by atoms with Crippen LogP contribution in [-0.2, 0) is 17.8 Å². The summed E-state index contributed by atoms with van der Waals surface area (Å²) in [7, 11) is 0. The summed E-state index contributed by atoms with van der Waals surface area (Å²) in [6, 6.07) is 25.9. The normalized spacial score (nSPS) is 11.6. The lowest BCUT2D eigenvalue weighted by atomic mass is 10.0. The first kappa shape index (κ1) is 24.8. The molecule has 0 saturated carbocycles. The minimum atomic E-state index is -1.41. The first-order chi connectivity index (χ1) is 17.4. The van der Waals surface area contributed by atoms with Gasteiger partial charge in [0.05, 0.1) is 0 Å². The summed E-state index contributed by atoms with van der Waals surface area (Å²) in [5.41, 5.74) is 2.39. The predicted molar refractivity (Wildman–Crippen MR) is 137 cm³/mol. The molecule has 0 spiro atoms. The Morgan fingerprint density at radius 2 is 1.44 bits per heavy atom. The molecule has 3 aromatic carbocycles. The van der Waals surface area contributed by atoms with E-state index in [4.69, 9.17) is 0 Å². The van der Waals surface area contributed by atoms with E-state index in [1.165, 1.54) is 41.1 Å². The van der Waals surface area contributed by atoms with Gasteiger partial charge >= 0.3 is 0 Å². The molecule has 0 radical (unpaired) electrons. The number of benzene rings is 3. The van der Waals surface area contributed by atoms with Crippen LogP contribution in [0.5, 0.6) is 0 Å². The molecule has 4 aromatic rings. The van der Waals surface area contributed by atoms with Crippen molar-refractivity contribution in [2.24, 2.45) is 0 Å². The molecule has 1 aromatic heterocycles. The Morgan fingerprint density at radius 1 is 0.833 bits per heavy atom. The molecule has 1 atom stereocenters. The molecule has 0 N–H and O–H groups in total. The van der Waals surface area contributed by atoms with Crippen molar-refractivity contribution in [3.05, 3.63) is 142 Å². The maximum Gasteiger partial charge on any atom is 0.254 e. The predicted octanol–water partition coefficient (Wildman–Crippen LogP) is 4.99. The van der Waals surface area contributed by atoms with Crippen LogP contribution in [0.25, 0.3) is 0 Å². The fourth-order valence-corrected chi connectivity index (χ4v) is 4.10. The first-order valence-corrected chi connectivity index (χ1v) is 11.8. The van der Waals surface area contributed by atoms with E-state index in [-0.39, 0.29) is 12.1 Å². The van der Waals surface area contributed by atoms with Gasteiger partial charge in [-0.3, -0.25) is 19.0 Å². The van der Waals surface area contributed by atoms with Crippen molar-refractivity contribution in [1.82, 2.24) is 9.47 Å². The molecular weight excluding hydrogens is 455 g/mol. The van der Waals surface area contributed by atoms with Crippen molar-refractivity contribution < 1.29 is 14.0 Å². The highest BCUT2D eigenvalue weighted by Crippen LogP contribution is 2.20. The van der Waals surface area contributed by atoms with E-state index in [1.54, 1.807) is 17.9 Å². The van der Waals surface area contributed by atoms with E-state index in [2.05, 4.69) is 0 Å². The average molecular weight is 483 g/mol. The molecule has 1 heterocycles. The van der Waals surface area contributed by atoms with Crippen molar-refractivity contribution in [3.63, 3.8) is 0 Å². The maximum atomic E-state index is 14.1. The highest BCUT2D eigenvalue weighted by atomic mass is 19.1. The van der Waals surface area contributed by atoms with Gasteiger partial charge in [0.25, 0.3) is 11.5 Å². The third-order valence-electron chi connectivity index (χ3n) is 6.02. The molecule has 5 nitrogen and oxygen atoms in total. The number of carbonyl (C=O) groups is 2. The standard InChI is InChI=1S/C30H27FN2O3/c1-22-12-17-27(34)33(20-22)28(29(35)25-13-15-26(31)16-14-25)30(36)32(21-24-10-6-3-7-11-24)19-18-23-8-4-2-5-9-23/h2-17,20,28H,18-19,21H2,1H3/t28-/m0/s1. The van der Waals surface area contributed by atoms with Crippen LogP contribution in [0.2, 0.25) is 0 Å². The van der Waals surface area contributed by atoms with Gasteiger partial charge in [0.2, 0.25) is 0 Å². The summed E-state index contributed by atoms with van der Waals surface area (Å²) in [4.78, 5) is 42.2. The van der Waals surface area contributed by atoms with E-state index in [0.29, 0.717) is 13.0 Å². The fraction of sp³-hybridized carbons (Fsp3) is 0.167. The number of carbonyl (C=O) groups excluding carboxylic acids is 2. The fourth-order valence-electron chi connectivity index (χ4n) is 4.10. The van der Waals surface area contributed by atoms with Gasteiger partial charge in [-0.1, -0.05) is 66.7 Å². The highest BCUT2D eigenvalue weighted by Gasteiger charge is 2.34. The monoisotopic (exact) mass is 482 g/mol. The van der Waals surface area contributed by atoms with Crippen LogP contribution in [-0.4, -0.2) is 27.7 Å². The summed E-state index contributed by atoms with van der Waals surface area (Å²) >= 11 is 0. The Morgan fingerprint density at radius 3 is 2.08 bits per heavy atom. The van der Waals surface area contributed by atoms with E-state index in [0.717, 1.165) is 16.7 Å². The van der Waals surface area contributed by atoms with Crippen LogP contribution < -0.4 is 5.56 Å². The summed E-state index contributed by atoms with van der Waals surface area (Å²) in [5, 5.41) is 0. The lowest BCUT2D eigenvalue weighted by Gasteiger charge is -2.28. The molecule has 36 heavy (non-hydrogen) atoms. The molecular formula is C30H27FN2O3. The Bertz CT molecular complexity index is 1380. The van der Waals surface area contributed by atoms with Gasteiger partial charge in [0.1, 0.15) is 5.82 Å². The van der Waals surface area contributed by atoms with Crippen LogP contribution in [0.1, 0.15) is 33.1 Å². The summed E-state index contributed by atoms with van der Waals surface area (Å²) in [6.45, 7) is 2.42. The molecule has 4 rings (SSSR count). The van der Waals surface area contributed by atoms with Crippen LogP contribution in [0.4, 0.5) is 4.39 Å². The van der Waals surface area contributed by atoms with E-state index < -0.39 is 29.1 Å². The number of halogens is 1. The van der Waals surface area contributed by atoms with Crippen molar-refractivity contribution in [2.45, 2.75) is 25.9 Å². The van der Waals surface area contributed by atoms with Gasteiger partial charge in [-0.15, -0.1) is 0 Å². The Balaban J connectivity index is 1.74.